The molecule has 0 fully saturated rings. The molecule has 0 aliphatic carbocycles. The monoisotopic (exact) mass is 445 g/mol. The summed E-state index contributed by atoms with van der Waals surface area (Å²) in [7, 11) is 0. The van der Waals surface area contributed by atoms with Gasteiger partial charge in [-0.2, -0.15) is 0 Å². The number of rotatable bonds is 17. The summed E-state index contributed by atoms with van der Waals surface area (Å²) in [5, 5.41) is 28.8. The molecular formula is C21H43N5O5. The van der Waals surface area contributed by atoms with Gasteiger partial charge in [-0.3, -0.25) is 19.8 Å². The van der Waals surface area contributed by atoms with E-state index in [-0.39, 0.29) is 11.9 Å². The Morgan fingerprint density at radius 1 is 0.903 bits per heavy atom. The van der Waals surface area contributed by atoms with Gasteiger partial charge in [-0.25, -0.2) is 0 Å². The van der Waals surface area contributed by atoms with Crippen molar-refractivity contribution in [2.24, 2.45) is 11.5 Å². The van der Waals surface area contributed by atoms with Crippen LogP contribution in [0.4, 0.5) is 0 Å². The zero-order chi connectivity index (χ0) is 24.1. The standard InChI is InChI=1S/C15H29NO3.C6H14N4O2/c1-3-4-5-6-7-8-9-10-11-12-14(17)16-13(2)15(18)19;7-4(5(11)12)2-1-3-10-6(8)9/h13H,3-12H2,1-2H3,(H,16,17)(H,18,19);4H,1-3,7H2,(H,11,12)(H4,8,9,10)/t13-;/m0./s1. The number of unbranched alkanes of at least 4 members (excludes halogenated alkanes) is 8. The Hall–Kier alpha value is -2.36. The summed E-state index contributed by atoms with van der Waals surface area (Å²) >= 11 is 0. The number of nitrogens with one attached hydrogen (secondary N) is 3. The molecule has 1 amide bonds. The third kappa shape index (κ3) is 23.8. The van der Waals surface area contributed by atoms with E-state index in [1.807, 2.05) is 0 Å². The number of hydrogen-bond donors (Lipinski definition) is 7. The molecule has 0 saturated carbocycles. The van der Waals surface area contributed by atoms with E-state index in [2.05, 4.69) is 17.6 Å². The molecule has 0 heterocycles. The van der Waals surface area contributed by atoms with E-state index in [9.17, 15) is 14.4 Å². The number of carbonyl (C=O) groups excluding carboxylic acids is 1. The van der Waals surface area contributed by atoms with Gasteiger partial charge in [0.15, 0.2) is 5.96 Å². The van der Waals surface area contributed by atoms with Crippen molar-refractivity contribution in [1.82, 2.24) is 10.6 Å². The lowest BCUT2D eigenvalue weighted by atomic mass is 10.1. The first-order valence-corrected chi connectivity index (χ1v) is 11.2. The van der Waals surface area contributed by atoms with Gasteiger partial charge in [0.1, 0.15) is 12.1 Å². The van der Waals surface area contributed by atoms with Gasteiger partial charge in [0.05, 0.1) is 0 Å². The number of carboxylic acids is 2. The SMILES string of the molecule is CCCCCCCCCCCC(=O)N[C@@H](C)C(=O)O.N=C(N)NCCCC(N)C(=O)O. The largest absolute Gasteiger partial charge is 0.480 e. The van der Waals surface area contributed by atoms with Crippen LogP contribution in [-0.2, 0) is 14.4 Å². The van der Waals surface area contributed by atoms with Crippen LogP contribution in [0.2, 0.25) is 0 Å². The Morgan fingerprint density at radius 2 is 1.42 bits per heavy atom. The molecule has 0 rings (SSSR count). The maximum Gasteiger partial charge on any atom is 0.325 e. The molecule has 0 saturated heterocycles. The summed E-state index contributed by atoms with van der Waals surface area (Å²) in [5.41, 5.74) is 10.2. The summed E-state index contributed by atoms with van der Waals surface area (Å²) in [5.74, 6) is -2.25. The molecular weight excluding hydrogens is 402 g/mol. The maximum absolute atomic E-state index is 11.4. The minimum absolute atomic E-state index is 0.112. The van der Waals surface area contributed by atoms with Crippen molar-refractivity contribution >= 4 is 23.8 Å². The van der Waals surface area contributed by atoms with Gasteiger partial charge >= 0.3 is 11.9 Å². The highest BCUT2D eigenvalue weighted by Crippen LogP contribution is 2.10. The number of nitrogens with two attached hydrogens (primary N) is 2. The van der Waals surface area contributed by atoms with E-state index < -0.39 is 24.0 Å². The first-order valence-electron chi connectivity index (χ1n) is 11.2. The van der Waals surface area contributed by atoms with Crippen LogP contribution in [0.3, 0.4) is 0 Å². The molecule has 0 aromatic rings. The highest BCUT2D eigenvalue weighted by atomic mass is 16.4. The third-order valence-electron chi connectivity index (χ3n) is 4.58. The van der Waals surface area contributed by atoms with Crippen LogP contribution in [0.1, 0.15) is 90.9 Å². The van der Waals surface area contributed by atoms with Gasteiger partial charge in [-0.15, -0.1) is 0 Å². The number of carboxylic acid groups (broad SMARTS) is 2. The van der Waals surface area contributed by atoms with E-state index in [1.54, 1.807) is 0 Å². The van der Waals surface area contributed by atoms with Crippen LogP contribution in [-0.4, -0.2) is 52.6 Å². The van der Waals surface area contributed by atoms with Crippen LogP contribution in [0, 0.1) is 5.41 Å². The number of carbonyl (C=O) groups is 3. The molecule has 0 bridgehead atoms. The predicted octanol–water partition coefficient (Wildman–Crippen LogP) is 2.16. The van der Waals surface area contributed by atoms with Gasteiger partial charge in [-0.05, 0) is 26.2 Å². The topological polar surface area (TPSA) is 192 Å². The van der Waals surface area contributed by atoms with Crippen molar-refractivity contribution in [3.05, 3.63) is 0 Å². The van der Waals surface area contributed by atoms with Gasteiger partial charge in [-0.1, -0.05) is 58.3 Å². The normalized spacial score (nSPS) is 12.1. The molecule has 2 atom stereocenters. The Labute approximate surface area is 186 Å². The lowest BCUT2D eigenvalue weighted by Crippen LogP contribution is -2.38. The van der Waals surface area contributed by atoms with Crippen LogP contribution in [0.25, 0.3) is 0 Å². The second-order valence-electron chi connectivity index (χ2n) is 7.63. The Kier molecular flexibility index (Phi) is 20.8. The van der Waals surface area contributed by atoms with Crippen molar-refractivity contribution in [1.29, 1.82) is 5.41 Å². The fourth-order valence-electron chi connectivity index (χ4n) is 2.64. The van der Waals surface area contributed by atoms with E-state index >= 15 is 0 Å². The fraction of sp³-hybridized carbons (Fsp3) is 0.810. The van der Waals surface area contributed by atoms with E-state index in [1.165, 1.54) is 51.9 Å². The second-order valence-corrected chi connectivity index (χ2v) is 7.63. The predicted molar refractivity (Wildman–Crippen MR) is 122 cm³/mol. The Bertz CT molecular complexity index is 516. The molecule has 0 radical (unpaired) electrons. The summed E-state index contributed by atoms with van der Waals surface area (Å²) in [6.07, 6.45) is 12.3. The van der Waals surface area contributed by atoms with Crippen molar-refractivity contribution in [3.63, 3.8) is 0 Å². The first kappa shape index (κ1) is 30.8. The van der Waals surface area contributed by atoms with Gasteiger partial charge < -0.3 is 32.3 Å². The van der Waals surface area contributed by atoms with Crippen LogP contribution < -0.4 is 22.1 Å². The van der Waals surface area contributed by atoms with Crippen molar-refractivity contribution in [2.45, 2.75) is 103 Å². The van der Waals surface area contributed by atoms with E-state index in [0.29, 0.717) is 25.8 Å². The second kappa shape index (κ2) is 20.9. The molecule has 31 heavy (non-hydrogen) atoms. The highest BCUT2D eigenvalue weighted by molar-refractivity contribution is 5.83. The fourth-order valence-corrected chi connectivity index (χ4v) is 2.64. The molecule has 1 unspecified atom stereocenters. The molecule has 10 nitrogen and oxygen atoms in total. The molecule has 9 N–H and O–H groups in total. The average molecular weight is 446 g/mol. The number of hydrogen-bond acceptors (Lipinski definition) is 5. The zero-order valence-corrected chi connectivity index (χ0v) is 19.1. The van der Waals surface area contributed by atoms with Crippen molar-refractivity contribution < 1.29 is 24.6 Å². The van der Waals surface area contributed by atoms with Gasteiger partial charge in [0, 0.05) is 13.0 Å². The molecule has 0 aliphatic heterocycles. The summed E-state index contributed by atoms with van der Waals surface area (Å²) < 4.78 is 0. The minimum Gasteiger partial charge on any atom is -0.480 e. The van der Waals surface area contributed by atoms with E-state index in [4.69, 9.17) is 27.1 Å². The van der Waals surface area contributed by atoms with Crippen LogP contribution in [0.5, 0.6) is 0 Å². The number of aliphatic carboxylic acids is 2. The van der Waals surface area contributed by atoms with Crippen molar-refractivity contribution in [3.8, 4) is 0 Å². The number of amides is 1. The van der Waals surface area contributed by atoms with Crippen molar-refractivity contribution in [2.75, 3.05) is 6.54 Å². The summed E-state index contributed by atoms with van der Waals surface area (Å²) in [6, 6.07) is -1.61. The van der Waals surface area contributed by atoms with E-state index in [0.717, 1.165) is 12.8 Å². The smallest absolute Gasteiger partial charge is 0.325 e. The Morgan fingerprint density at radius 3 is 1.87 bits per heavy atom. The molecule has 10 heteroatoms. The molecule has 0 spiro atoms. The highest BCUT2D eigenvalue weighted by Gasteiger charge is 2.13. The van der Waals surface area contributed by atoms with Crippen LogP contribution >= 0.6 is 0 Å². The van der Waals surface area contributed by atoms with Gasteiger partial charge in [0.2, 0.25) is 5.91 Å². The van der Waals surface area contributed by atoms with Crippen LogP contribution in [0.15, 0.2) is 0 Å². The minimum atomic E-state index is -1.00. The third-order valence-corrected chi connectivity index (χ3v) is 4.58. The molecule has 182 valence electrons. The quantitative estimate of drug-likeness (QED) is 0.100. The lowest BCUT2D eigenvalue weighted by Gasteiger charge is -2.08. The molecule has 0 aliphatic rings. The lowest BCUT2D eigenvalue weighted by molar-refractivity contribution is -0.141. The summed E-state index contributed by atoms with van der Waals surface area (Å²) in [4.78, 5) is 32.1. The maximum atomic E-state index is 11.4. The number of guanidine groups is 1. The average Bonchev–Trinajstić information content (AvgIpc) is 2.69. The zero-order valence-electron chi connectivity index (χ0n) is 19.1. The van der Waals surface area contributed by atoms with Gasteiger partial charge in [0.25, 0.3) is 0 Å². The molecule has 0 aromatic heterocycles. The first-order chi connectivity index (χ1) is 14.6. The Balaban J connectivity index is 0. The summed E-state index contributed by atoms with van der Waals surface area (Å²) in [6.45, 7) is 4.18. The molecule has 0 aromatic carbocycles.